The molecular formula is C13H17F3S2. The second-order valence-electron chi connectivity index (χ2n) is 4.28. The van der Waals surface area contributed by atoms with Crippen molar-refractivity contribution in [3.63, 3.8) is 0 Å². The summed E-state index contributed by atoms with van der Waals surface area (Å²) in [6, 6.07) is 5.51. The largest absolute Gasteiger partial charge is 0.416 e. The molecule has 0 nitrogen and oxygen atoms in total. The highest BCUT2D eigenvalue weighted by atomic mass is 32.2. The molecule has 0 aliphatic heterocycles. The summed E-state index contributed by atoms with van der Waals surface area (Å²) in [4.78, 5) is 0.683. The Morgan fingerprint density at radius 1 is 1.28 bits per heavy atom. The molecule has 0 fully saturated rings. The van der Waals surface area contributed by atoms with Crippen molar-refractivity contribution in [1.29, 1.82) is 0 Å². The number of halogens is 3. The molecule has 0 amide bonds. The Kier molecular flexibility index (Phi) is 6.43. The molecule has 0 aromatic heterocycles. The summed E-state index contributed by atoms with van der Waals surface area (Å²) >= 11 is 5.65. The standard InChI is InChI=1S/C13H17F3S2/c1-10(5-7-17)6-8-18-12-4-2-3-11(9-12)13(14,15)16/h2-4,9-10,17H,5-8H2,1H3. The summed E-state index contributed by atoms with van der Waals surface area (Å²) in [6.45, 7) is 2.14. The van der Waals surface area contributed by atoms with Gasteiger partial charge in [0.05, 0.1) is 5.56 Å². The number of hydrogen-bond acceptors (Lipinski definition) is 2. The van der Waals surface area contributed by atoms with E-state index < -0.39 is 11.7 Å². The minimum atomic E-state index is -4.25. The maximum absolute atomic E-state index is 12.5. The van der Waals surface area contributed by atoms with E-state index in [9.17, 15) is 13.2 Å². The van der Waals surface area contributed by atoms with Crippen molar-refractivity contribution in [1.82, 2.24) is 0 Å². The minimum absolute atomic E-state index is 0.570. The van der Waals surface area contributed by atoms with Gasteiger partial charge in [0, 0.05) is 4.90 Å². The van der Waals surface area contributed by atoms with Gasteiger partial charge in [-0.05, 0) is 48.5 Å². The number of rotatable bonds is 6. The lowest BCUT2D eigenvalue weighted by Gasteiger charge is -2.10. The van der Waals surface area contributed by atoms with E-state index in [0.717, 1.165) is 30.4 Å². The van der Waals surface area contributed by atoms with Crippen molar-refractivity contribution in [2.24, 2.45) is 5.92 Å². The Balaban J connectivity index is 2.48. The van der Waals surface area contributed by atoms with Crippen LogP contribution in [0.3, 0.4) is 0 Å². The van der Waals surface area contributed by atoms with E-state index in [-0.39, 0.29) is 0 Å². The first kappa shape index (κ1) is 15.8. The maximum atomic E-state index is 12.5. The van der Waals surface area contributed by atoms with E-state index in [1.807, 2.05) is 0 Å². The van der Waals surface area contributed by atoms with E-state index >= 15 is 0 Å². The van der Waals surface area contributed by atoms with Crippen molar-refractivity contribution >= 4 is 24.4 Å². The van der Waals surface area contributed by atoms with Gasteiger partial charge in [0.2, 0.25) is 0 Å². The van der Waals surface area contributed by atoms with Gasteiger partial charge in [0.15, 0.2) is 0 Å². The monoisotopic (exact) mass is 294 g/mol. The van der Waals surface area contributed by atoms with Gasteiger partial charge >= 0.3 is 6.18 Å². The maximum Gasteiger partial charge on any atom is 0.416 e. The van der Waals surface area contributed by atoms with E-state index in [4.69, 9.17) is 0 Å². The summed E-state index contributed by atoms with van der Waals surface area (Å²) < 4.78 is 37.5. The SMILES string of the molecule is CC(CCS)CCSc1cccc(C(F)(F)F)c1. The number of thiol groups is 1. The van der Waals surface area contributed by atoms with Crippen molar-refractivity contribution in [3.8, 4) is 0 Å². The molecule has 0 saturated carbocycles. The summed E-state index contributed by atoms with van der Waals surface area (Å²) in [5.41, 5.74) is -0.573. The second-order valence-corrected chi connectivity index (χ2v) is 5.90. The highest BCUT2D eigenvalue weighted by Gasteiger charge is 2.30. The zero-order chi connectivity index (χ0) is 13.6. The third kappa shape index (κ3) is 5.57. The molecule has 1 rings (SSSR count). The molecule has 1 atom stereocenters. The first-order valence-electron chi connectivity index (χ1n) is 5.84. The van der Waals surface area contributed by atoms with Crippen LogP contribution in [-0.4, -0.2) is 11.5 Å². The first-order chi connectivity index (χ1) is 8.43. The molecule has 5 heteroatoms. The van der Waals surface area contributed by atoms with Gasteiger partial charge in [-0.25, -0.2) is 0 Å². The smallest absolute Gasteiger partial charge is 0.179 e. The second kappa shape index (κ2) is 7.34. The van der Waals surface area contributed by atoms with Gasteiger partial charge in [-0.2, -0.15) is 25.8 Å². The van der Waals surface area contributed by atoms with Gasteiger partial charge in [-0.15, -0.1) is 11.8 Å². The molecule has 1 unspecified atom stereocenters. The van der Waals surface area contributed by atoms with E-state index in [2.05, 4.69) is 19.6 Å². The molecule has 0 radical (unpaired) electrons. The molecule has 0 N–H and O–H groups in total. The lowest BCUT2D eigenvalue weighted by Crippen LogP contribution is -2.04. The van der Waals surface area contributed by atoms with Crippen LogP contribution in [0.1, 0.15) is 25.3 Å². The van der Waals surface area contributed by atoms with Gasteiger partial charge in [-0.1, -0.05) is 13.0 Å². The van der Waals surface area contributed by atoms with Crippen molar-refractivity contribution in [2.75, 3.05) is 11.5 Å². The van der Waals surface area contributed by atoms with E-state index in [1.54, 1.807) is 6.07 Å². The molecule has 0 saturated heterocycles. The van der Waals surface area contributed by atoms with Crippen LogP contribution in [0.5, 0.6) is 0 Å². The lowest BCUT2D eigenvalue weighted by molar-refractivity contribution is -0.137. The Morgan fingerprint density at radius 2 is 2.00 bits per heavy atom. The molecule has 0 aliphatic carbocycles. The van der Waals surface area contributed by atoms with Gasteiger partial charge in [-0.3, -0.25) is 0 Å². The summed E-state index contributed by atoms with van der Waals surface area (Å²) in [5, 5.41) is 0. The molecule has 0 aliphatic rings. The van der Waals surface area contributed by atoms with Crippen molar-refractivity contribution in [2.45, 2.75) is 30.8 Å². The Labute approximate surface area is 116 Å². The predicted molar refractivity (Wildman–Crippen MR) is 74.4 cm³/mol. The van der Waals surface area contributed by atoms with Crippen LogP contribution in [0.15, 0.2) is 29.2 Å². The van der Waals surface area contributed by atoms with Crippen LogP contribution < -0.4 is 0 Å². The first-order valence-corrected chi connectivity index (χ1v) is 7.46. The van der Waals surface area contributed by atoms with Gasteiger partial charge in [0.25, 0.3) is 0 Å². The lowest BCUT2D eigenvalue weighted by atomic mass is 10.1. The molecule has 1 aromatic rings. The van der Waals surface area contributed by atoms with Gasteiger partial charge < -0.3 is 0 Å². The fourth-order valence-corrected chi connectivity index (χ4v) is 3.09. The quantitative estimate of drug-likeness (QED) is 0.559. The minimum Gasteiger partial charge on any atom is -0.179 e. The predicted octanol–water partition coefficient (Wildman–Crippen LogP) is 5.14. The topological polar surface area (TPSA) is 0 Å². The molecule has 1 aromatic carbocycles. The van der Waals surface area contributed by atoms with Crippen LogP contribution in [0.2, 0.25) is 0 Å². The number of alkyl halides is 3. The highest BCUT2D eigenvalue weighted by molar-refractivity contribution is 7.99. The Bertz CT molecular complexity index is 363. The van der Waals surface area contributed by atoms with Crippen LogP contribution in [0.4, 0.5) is 13.2 Å². The van der Waals surface area contributed by atoms with Crippen LogP contribution in [0, 0.1) is 5.92 Å². The molecular weight excluding hydrogens is 277 g/mol. The molecule has 102 valence electrons. The van der Waals surface area contributed by atoms with Gasteiger partial charge in [0.1, 0.15) is 0 Å². The highest BCUT2D eigenvalue weighted by Crippen LogP contribution is 2.32. The van der Waals surface area contributed by atoms with E-state index in [0.29, 0.717) is 10.8 Å². The summed E-state index contributed by atoms with van der Waals surface area (Å²) in [7, 11) is 0. The van der Waals surface area contributed by atoms with Crippen molar-refractivity contribution in [3.05, 3.63) is 29.8 Å². The fraction of sp³-hybridized carbons (Fsp3) is 0.538. The van der Waals surface area contributed by atoms with Crippen molar-refractivity contribution < 1.29 is 13.2 Å². The van der Waals surface area contributed by atoms with E-state index in [1.165, 1.54) is 23.9 Å². The molecule has 18 heavy (non-hydrogen) atoms. The zero-order valence-corrected chi connectivity index (χ0v) is 11.9. The van der Waals surface area contributed by atoms with Crippen LogP contribution in [-0.2, 0) is 6.18 Å². The van der Waals surface area contributed by atoms with Crippen LogP contribution in [0.25, 0.3) is 0 Å². The Morgan fingerprint density at radius 3 is 2.61 bits per heavy atom. The third-order valence-electron chi connectivity index (χ3n) is 2.66. The Hall–Kier alpha value is -0.290. The summed E-state index contributed by atoms with van der Waals surface area (Å²) in [6.07, 6.45) is -2.20. The molecule has 0 spiro atoms. The molecule has 0 bridgehead atoms. The number of thioether (sulfide) groups is 1. The third-order valence-corrected chi connectivity index (χ3v) is 3.95. The summed E-state index contributed by atoms with van der Waals surface area (Å²) in [5.74, 6) is 2.27. The average Bonchev–Trinajstić information content (AvgIpc) is 2.29. The zero-order valence-electron chi connectivity index (χ0n) is 10.2. The number of hydrogen-bond donors (Lipinski definition) is 1. The normalized spacial score (nSPS) is 13.6. The molecule has 0 heterocycles. The van der Waals surface area contributed by atoms with Crippen LogP contribution >= 0.6 is 24.4 Å². The average molecular weight is 294 g/mol. The fourth-order valence-electron chi connectivity index (χ4n) is 1.50. The number of benzene rings is 1.